The Balaban J connectivity index is 0.000000260. The van der Waals surface area contributed by atoms with Gasteiger partial charge < -0.3 is 15.0 Å². The first-order valence-corrected chi connectivity index (χ1v) is 13.0. The maximum absolute atomic E-state index is 12.6. The summed E-state index contributed by atoms with van der Waals surface area (Å²) >= 11 is 9.21. The summed E-state index contributed by atoms with van der Waals surface area (Å²) in [5, 5.41) is 2.47. The number of nitrogens with zero attached hydrogens (tertiary/aromatic N) is 2. The van der Waals surface area contributed by atoms with Crippen LogP contribution in [0.5, 0.6) is 0 Å². The summed E-state index contributed by atoms with van der Waals surface area (Å²) in [7, 11) is 0. The number of halogens is 4. The average molecular weight is 572 g/mol. The second kappa shape index (κ2) is 13.2. The Kier molecular flexibility index (Phi) is 10.3. The number of thiol groups is 1. The van der Waals surface area contributed by atoms with E-state index in [1.807, 2.05) is 30.3 Å². The minimum Gasteiger partial charge on any atom is -0.441 e. The lowest BCUT2D eigenvalue weighted by Crippen LogP contribution is -2.47. The number of nitrogens with one attached hydrogen (secondary N) is 1. The second-order valence-electron chi connectivity index (χ2n) is 9.07. The molecule has 206 valence electrons. The van der Waals surface area contributed by atoms with Gasteiger partial charge in [-0.3, -0.25) is 14.5 Å². The van der Waals surface area contributed by atoms with Crippen LogP contribution >= 0.6 is 24.2 Å². The molecule has 0 aromatic heterocycles. The zero-order valence-electron chi connectivity index (χ0n) is 20.5. The van der Waals surface area contributed by atoms with Crippen molar-refractivity contribution in [2.24, 2.45) is 0 Å². The predicted molar refractivity (Wildman–Crippen MR) is 140 cm³/mol. The number of hydrogen-bond acceptors (Lipinski definition) is 4. The smallest absolute Gasteiger partial charge is 0.416 e. The van der Waals surface area contributed by atoms with Gasteiger partial charge in [0.1, 0.15) is 5.60 Å². The second-order valence-corrected chi connectivity index (χ2v) is 9.83. The number of likely N-dealkylation sites (tertiary alicyclic amines) is 1. The van der Waals surface area contributed by atoms with E-state index in [0.717, 1.165) is 17.7 Å². The summed E-state index contributed by atoms with van der Waals surface area (Å²) in [4.78, 5) is 37.5. The standard InChI is InChI=1S/C16H17F3N2O3S.C10H12ClNO/c17-16(18,19)12-3-1-11(2-4-12)9-21-10-15(24-13(21)22)5-7-20(8-6-15)14(23)25;11-7-6-10(13)12-8-9-4-2-1-3-5-9/h1-4H,5-10H2,(H,23,25);1-5H,6-8H2,(H,12,13). The molecule has 1 spiro atoms. The van der Waals surface area contributed by atoms with E-state index in [0.29, 0.717) is 56.9 Å². The minimum absolute atomic E-state index is 0.00106. The molecule has 2 aliphatic rings. The van der Waals surface area contributed by atoms with E-state index >= 15 is 0 Å². The average Bonchev–Trinajstić information content (AvgIpc) is 3.18. The maximum Gasteiger partial charge on any atom is 0.416 e. The Hall–Kier alpha value is -2.92. The SMILES string of the molecule is O=C(CCCl)NCc1ccccc1.O=C(S)N1CCC2(CC1)CN(Cc1ccc(C(F)(F)F)cc1)C(=O)O2. The van der Waals surface area contributed by atoms with Gasteiger partial charge in [-0.15, -0.1) is 11.6 Å². The molecular formula is C26H29ClF3N3O4S. The number of carbonyl (C=O) groups excluding carboxylic acids is 3. The van der Waals surface area contributed by atoms with Crippen molar-refractivity contribution < 1.29 is 32.3 Å². The Morgan fingerprint density at radius 2 is 1.66 bits per heavy atom. The third-order valence-electron chi connectivity index (χ3n) is 6.29. The molecular weight excluding hydrogens is 543 g/mol. The van der Waals surface area contributed by atoms with E-state index in [1.54, 1.807) is 4.90 Å². The van der Waals surface area contributed by atoms with Crippen LogP contribution in [0, 0.1) is 0 Å². The number of amides is 3. The number of benzene rings is 2. The van der Waals surface area contributed by atoms with E-state index in [1.165, 1.54) is 17.0 Å². The summed E-state index contributed by atoms with van der Waals surface area (Å²) in [6.45, 7) is 2.05. The lowest BCUT2D eigenvalue weighted by atomic mass is 9.91. The molecule has 38 heavy (non-hydrogen) atoms. The summed E-state index contributed by atoms with van der Waals surface area (Å²) in [5.74, 6) is 0.375. The van der Waals surface area contributed by atoms with Crippen LogP contribution in [0.25, 0.3) is 0 Å². The van der Waals surface area contributed by atoms with E-state index in [2.05, 4.69) is 17.9 Å². The van der Waals surface area contributed by atoms with Crippen molar-refractivity contribution in [2.75, 3.05) is 25.5 Å². The summed E-state index contributed by atoms with van der Waals surface area (Å²) in [6, 6.07) is 14.5. The first-order valence-electron chi connectivity index (χ1n) is 12.0. The highest BCUT2D eigenvalue weighted by Gasteiger charge is 2.47. The van der Waals surface area contributed by atoms with Crippen LogP contribution in [0.2, 0.25) is 0 Å². The normalized spacial score (nSPS) is 16.5. The number of ether oxygens (including phenoxy) is 1. The Labute approximate surface area is 229 Å². The van der Waals surface area contributed by atoms with Crippen LogP contribution in [-0.4, -0.2) is 58.2 Å². The van der Waals surface area contributed by atoms with Crippen LogP contribution in [-0.2, 0) is 28.8 Å². The third-order valence-corrected chi connectivity index (χ3v) is 6.77. The number of rotatable bonds is 6. The number of piperidine rings is 1. The molecule has 2 aromatic carbocycles. The van der Waals surface area contributed by atoms with Crippen LogP contribution in [0.15, 0.2) is 54.6 Å². The van der Waals surface area contributed by atoms with Crippen LogP contribution in [0.4, 0.5) is 22.8 Å². The minimum atomic E-state index is -4.38. The molecule has 4 rings (SSSR count). The summed E-state index contributed by atoms with van der Waals surface area (Å²) < 4.78 is 43.3. The van der Waals surface area contributed by atoms with Gasteiger partial charge in [0.15, 0.2) is 0 Å². The van der Waals surface area contributed by atoms with E-state index in [9.17, 15) is 27.6 Å². The molecule has 2 aromatic rings. The topological polar surface area (TPSA) is 79.0 Å². The zero-order chi connectivity index (χ0) is 27.8. The quantitative estimate of drug-likeness (QED) is 0.356. The number of hydrogen-bond donors (Lipinski definition) is 2. The molecule has 2 fully saturated rings. The Morgan fingerprint density at radius 3 is 2.21 bits per heavy atom. The molecule has 0 bridgehead atoms. The summed E-state index contributed by atoms with van der Waals surface area (Å²) in [6.07, 6.45) is -3.43. The van der Waals surface area contributed by atoms with E-state index in [-0.39, 0.29) is 17.7 Å². The molecule has 2 saturated heterocycles. The monoisotopic (exact) mass is 571 g/mol. The Bertz CT molecular complexity index is 1100. The first-order chi connectivity index (χ1) is 18.0. The fourth-order valence-electron chi connectivity index (χ4n) is 4.17. The van der Waals surface area contributed by atoms with Crippen molar-refractivity contribution in [3.05, 3.63) is 71.3 Å². The first kappa shape index (κ1) is 29.6. The van der Waals surface area contributed by atoms with Crippen molar-refractivity contribution in [3.8, 4) is 0 Å². The van der Waals surface area contributed by atoms with Gasteiger partial charge in [0.25, 0.3) is 5.24 Å². The Morgan fingerprint density at radius 1 is 1.03 bits per heavy atom. The molecule has 3 amide bonds. The van der Waals surface area contributed by atoms with E-state index < -0.39 is 23.4 Å². The molecule has 0 atom stereocenters. The van der Waals surface area contributed by atoms with Gasteiger partial charge in [0, 0.05) is 51.3 Å². The fraction of sp³-hybridized carbons (Fsp3) is 0.423. The molecule has 0 aliphatic carbocycles. The van der Waals surface area contributed by atoms with Crippen LogP contribution in [0.1, 0.15) is 36.0 Å². The van der Waals surface area contributed by atoms with Crippen LogP contribution < -0.4 is 5.32 Å². The molecule has 0 unspecified atom stereocenters. The van der Waals surface area contributed by atoms with Crippen molar-refractivity contribution in [1.82, 2.24) is 15.1 Å². The highest BCUT2D eigenvalue weighted by Crippen LogP contribution is 2.35. The van der Waals surface area contributed by atoms with Gasteiger partial charge in [0.05, 0.1) is 12.1 Å². The highest BCUT2D eigenvalue weighted by atomic mass is 35.5. The van der Waals surface area contributed by atoms with Gasteiger partial charge in [0.2, 0.25) is 5.91 Å². The van der Waals surface area contributed by atoms with Gasteiger partial charge in [-0.2, -0.15) is 13.2 Å². The van der Waals surface area contributed by atoms with Crippen LogP contribution in [0.3, 0.4) is 0 Å². The highest BCUT2D eigenvalue weighted by molar-refractivity contribution is 7.96. The van der Waals surface area contributed by atoms with Crippen molar-refractivity contribution in [1.29, 1.82) is 0 Å². The fourth-order valence-corrected chi connectivity index (χ4v) is 4.54. The van der Waals surface area contributed by atoms with Crippen molar-refractivity contribution in [2.45, 2.75) is 44.1 Å². The summed E-state index contributed by atoms with van der Waals surface area (Å²) in [5.41, 5.74) is 0.346. The lowest BCUT2D eigenvalue weighted by molar-refractivity contribution is -0.137. The van der Waals surface area contributed by atoms with Crippen molar-refractivity contribution in [3.63, 3.8) is 0 Å². The number of alkyl halides is 4. The molecule has 2 aliphatic heterocycles. The lowest BCUT2D eigenvalue weighted by Gasteiger charge is -2.36. The molecule has 12 heteroatoms. The van der Waals surface area contributed by atoms with Gasteiger partial charge in [-0.05, 0) is 23.3 Å². The maximum atomic E-state index is 12.6. The third kappa shape index (κ3) is 8.56. The van der Waals surface area contributed by atoms with E-state index in [4.69, 9.17) is 16.3 Å². The van der Waals surface area contributed by atoms with Gasteiger partial charge >= 0.3 is 12.3 Å². The van der Waals surface area contributed by atoms with Gasteiger partial charge in [-0.25, -0.2) is 4.79 Å². The molecule has 1 N–H and O–H groups in total. The molecule has 7 nitrogen and oxygen atoms in total. The largest absolute Gasteiger partial charge is 0.441 e. The molecule has 0 radical (unpaired) electrons. The van der Waals surface area contributed by atoms with Gasteiger partial charge in [-0.1, -0.05) is 55.1 Å². The van der Waals surface area contributed by atoms with Crippen molar-refractivity contribution >= 4 is 41.5 Å². The zero-order valence-corrected chi connectivity index (χ0v) is 22.2. The predicted octanol–water partition coefficient (Wildman–Crippen LogP) is 5.47. The molecule has 2 heterocycles. The number of carbonyl (C=O) groups is 3. The molecule has 0 saturated carbocycles.